The molecule has 1 aromatic rings. The number of aliphatic hydroxyl groups excluding tert-OH is 2. The highest BCUT2D eigenvalue weighted by atomic mass is 16.3. The fraction of sp³-hybridized carbons (Fsp3) is 0.381. The number of amides is 1. The Balaban J connectivity index is 2.04. The zero-order valence-electron chi connectivity index (χ0n) is 16.3. The van der Waals surface area contributed by atoms with Crippen molar-refractivity contribution in [1.82, 2.24) is 0 Å². The van der Waals surface area contributed by atoms with E-state index in [1.807, 2.05) is 0 Å². The van der Waals surface area contributed by atoms with Crippen LogP contribution in [-0.2, 0) is 9.59 Å². The lowest BCUT2D eigenvalue weighted by atomic mass is 9.50. The van der Waals surface area contributed by atoms with E-state index in [2.05, 4.69) is 0 Å². The molecule has 4 rings (SSSR count). The lowest BCUT2D eigenvalue weighted by Crippen LogP contribution is -2.64. The number of hydrogen-bond acceptors (Lipinski definition) is 8. The molecule has 1 aromatic carbocycles. The van der Waals surface area contributed by atoms with Gasteiger partial charge in [0.05, 0.1) is 11.6 Å². The summed E-state index contributed by atoms with van der Waals surface area (Å²) in [6.07, 6.45) is -0.0477. The largest absolute Gasteiger partial charge is 0.510 e. The molecule has 158 valence electrons. The van der Waals surface area contributed by atoms with Gasteiger partial charge in [-0.3, -0.25) is 14.4 Å². The average molecular weight is 414 g/mol. The van der Waals surface area contributed by atoms with Gasteiger partial charge in [0.25, 0.3) is 5.91 Å². The van der Waals surface area contributed by atoms with Crippen molar-refractivity contribution in [2.75, 3.05) is 0 Å². The Morgan fingerprint density at radius 3 is 2.43 bits per heavy atom. The summed E-state index contributed by atoms with van der Waals surface area (Å²) in [5.41, 5.74) is 6.87. The number of phenols is 1. The van der Waals surface area contributed by atoms with Crippen molar-refractivity contribution in [3.63, 3.8) is 0 Å². The van der Waals surface area contributed by atoms with Crippen LogP contribution >= 0.6 is 0 Å². The first-order valence-electron chi connectivity index (χ1n) is 9.45. The van der Waals surface area contributed by atoms with E-state index in [1.54, 1.807) is 26.0 Å². The minimum absolute atomic E-state index is 0.0212. The highest BCUT2D eigenvalue weighted by Gasteiger charge is 2.65. The van der Waals surface area contributed by atoms with Gasteiger partial charge in [-0.25, -0.2) is 0 Å². The third-order valence-electron chi connectivity index (χ3n) is 7.13. The van der Waals surface area contributed by atoms with Crippen molar-refractivity contribution in [3.8, 4) is 5.75 Å². The predicted molar refractivity (Wildman–Crippen MR) is 104 cm³/mol. The number of nitrogens with two attached hydrogens (primary N) is 2. The van der Waals surface area contributed by atoms with Gasteiger partial charge in [-0.1, -0.05) is 26.0 Å². The zero-order chi connectivity index (χ0) is 22.3. The van der Waals surface area contributed by atoms with Gasteiger partial charge in [0.2, 0.25) is 5.78 Å². The molecule has 0 saturated carbocycles. The number of rotatable bonds is 1. The lowest BCUT2D eigenvalue weighted by molar-refractivity contribution is -0.147. The molecule has 0 bridgehead atoms. The van der Waals surface area contributed by atoms with Crippen LogP contribution in [0.15, 0.2) is 40.9 Å². The third kappa shape index (κ3) is 2.11. The van der Waals surface area contributed by atoms with Crippen molar-refractivity contribution < 1.29 is 34.8 Å². The summed E-state index contributed by atoms with van der Waals surface area (Å²) in [6, 6.07) is 3.24. The Hall–Kier alpha value is -3.17. The van der Waals surface area contributed by atoms with Crippen LogP contribution < -0.4 is 11.5 Å². The van der Waals surface area contributed by atoms with E-state index in [0.29, 0.717) is 5.56 Å². The van der Waals surface area contributed by atoms with E-state index >= 15 is 0 Å². The maximum atomic E-state index is 13.3. The molecule has 8 N–H and O–H groups in total. The molecular weight excluding hydrogens is 392 g/mol. The summed E-state index contributed by atoms with van der Waals surface area (Å²) in [5.74, 6) is -6.95. The van der Waals surface area contributed by atoms with Gasteiger partial charge < -0.3 is 31.9 Å². The van der Waals surface area contributed by atoms with E-state index in [0.717, 1.165) is 0 Å². The lowest BCUT2D eigenvalue weighted by Gasteiger charge is -2.53. The Morgan fingerprint density at radius 2 is 1.83 bits per heavy atom. The van der Waals surface area contributed by atoms with Gasteiger partial charge in [-0.05, 0) is 24.0 Å². The van der Waals surface area contributed by atoms with Crippen LogP contribution in [0.2, 0.25) is 0 Å². The van der Waals surface area contributed by atoms with Gasteiger partial charge in [0, 0.05) is 16.9 Å². The van der Waals surface area contributed by atoms with Crippen molar-refractivity contribution in [3.05, 3.63) is 52.0 Å². The molecular formula is C21H22N2O7. The fourth-order valence-electron chi connectivity index (χ4n) is 5.30. The number of allylic oxidation sites excluding steroid dienone is 1. The molecule has 0 heterocycles. The third-order valence-corrected chi connectivity index (χ3v) is 7.13. The molecule has 0 unspecified atom stereocenters. The molecule has 0 aliphatic heterocycles. The molecule has 0 radical (unpaired) electrons. The van der Waals surface area contributed by atoms with Gasteiger partial charge in [-0.2, -0.15) is 0 Å². The number of phenolic OH excluding ortho intramolecular Hbond substituents is 1. The summed E-state index contributed by atoms with van der Waals surface area (Å²) < 4.78 is 0. The number of primary amides is 1. The normalized spacial score (nSPS) is 35.7. The molecule has 9 nitrogen and oxygen atoms in total. The van der Waals surface area contributed by atoms with Crippen LogP contribution in [0.25, 0.3) is 0 Å². The number of aromatic hydroxyl groups is 1. The first-order valence-corrected chi connectivity index (χ1v) is 9.45. The molecule has 5 atom stereocenters. The number of carbonyl (C=O) groups is 3. The second kappa shape index (κ2) is 5.93. The highest BCUT2D eigenvalue weighted by molar-refractivity contribution is 6.25. The monoisotopic (exact) mass is 414 g/mol. The van der Waals surface area contributed by atoms with Crippen molar-refractivity contribution in [2.45, 2.75) is 37.8 Å². The first-order chi connectivity index (χ1) is 13.9. The van der Waals surface area contributed by atoms with Crippen LogP contribution in [0.1, 0.15) is 42.1 Å². The first kappa shape index (κ1) is 20.1. The quantitative estimate of drug-likeness (QED) is 0.358. The number of ketones is 2. The van der Waals surface area contributed by atoms with Gasteiger partial charge in [-0.15, -0.1) is 0 Å². The van der Waals surface area contributed by atoms with Crippen molar-refractivity contribution in [1.29, 1.82) is 0 Å². The predicted octanol–water partition coefficient (Wildman–Crippen LogP) is 0.469. The average Bonchev–Trinajstić information content (AvgIpc) is 2.67. The SMILES string of the molecule is C[C@H]1c2cccc(O)c2C(=O)C2=C(O)[C@]3(O)C(=O)C(C(N)=O)=C(O)[C@@H](N)[C@@H]3C[C@@]21C. The Morgan fingerprint density at radius 1 is 1.20 bits per heavy atom. The number of aliphatic hydroxyl groups is 3. The van der Waals surface area contributed by atoms with E-state index in [9.17, 15) is 34.8 Å². The van der Waals surface area contributed by atoms with Crippen LogP contribution in [0.3, 0.4) is 0 Å². The smallest absolute Gasteiger partial charge is 0.255 e. The Bertz CT molecular complexity index is 1100. The number of fused-ring (bicyclic) bond motifs is 3. The second-order valence-corrected chi connectivity index (χ2v) is 8.49. The minimum atomic E-state index is -2.71. The van der Waals surface area contributed by atoms with Gasteiger partial charge in [0.1, 0.15) is 22.8 Å². The summed E-state index contributed by atoms with van der Waals surface area (Å²) >= 11 is 0. The maximum Gasteiger partial charge on any atom is 0.255 e. The molecule has 0 fully saturated rings. The zero-order valence-corrected chi connectivity index (χ0v) is 16.3. The van der Waals surface area contributed by atoms with E-state index < -0.39 is 63.5 Å². The maximum absolute atomic E-state index is 13.3. The highest BCUT2D eigenvalue weighted by Crippen LogP contribution is 2.60. The van der Waals surface area contributed by atoms with Crippen molar-refractivity contribution >= 4 is 17.5 Å². The topological polar surface area (TPSA) is 184 Å². The molecule has 30 heavy (non-hydrogen) atoms. The molecule has 1 amide bonds. The number of hydrogen-bond donors (Lipinski definition) is 6. The Kier molecular flexibility index (Phi) is 3.98. The summed E-state index contributed by atoms with van der Waals surface area (Å²) in [6.45, 7) is 3.48. The second-order valence-electron chi connectivity index (χ2n) is 8.49. The van der Waals surface area contributed by atoms with Crippen LogP contribution in [0.4, 0.5) is 0 Å². The number of Topliss-reactive ketones (excluding diaryl/α,β-unsaturated/α-hetero) is 2. The number of benzene rings is 1. The summed E-state index contributed by atoms with van der Waals surface area (Å²) in [4.78, 5) is 38.1. The standard InChI is InChI=1S/C21H22N2O7/c1-7-8-4-3-5-10(24)11(8)15(25)13-18(28)21(30)9(6-20(7,13)2)14(22)16(26)12(17(21)27)19(23)29/h3-5,7,9,14,24,26,28,30H,6,22H2,1-2H3,(H2,23,29)/t7-,9-,14-,20+,21+/m0/s1. The molecule has 0 saturated heterocycles. The van der Waals surface area contributed by atoms with E-state index in [-0.39, 0.29) is 23.3 Å². The molecule has 0 spiro atoms. The minimum Gasteiger partial charge on any atom is -0.510 e. The van der Waals surface area contributed by atoms with Crippen molar-refractivity contribution in [2.24, 2.45) is 22.8 Å². The van der Waals surface area contributed by atoms with E-state index in [1.165, 1.54) is 6.07 Å². The fourth-order valence-corrected chi connectivity index (χ4v) is 5.30. The molecule has 9 heteroatoms. The van der Waals surface area contributed by atoms with Gasteiger partial charge >= 0.3 is 0 Å². The Labute approximate surface area is 171 Å². The molecule has 3 aliphatic carbocycles. The summed E-state index contributed by atoms with van der Waals surface area (Å²) in [7, 11) is 0. The van der Waals surface area contributed by atoms with Gasteiger partial charge in [0.15, 0.2) is 11.4 Å². The van der Waals surface area contributed by atoms with Crippen LogP contribution in [0.5, 0.6) is 5.75 Å². The summed E-state index contributed by atoms with van der Waals surface area (Å²) in [5, 5.41) is 43.0. The van der Waals surface area contributed by atoms with Crippen LogP contribution in [-0.4, -0.2) is 49.5 Å². The molecule has 3 aliphatic rings. The number of carbonyl (C=O) groups excluding carboxylic acids is 3. The van der Waals surface area contributed by atoms with E-state index in [4.69, 9.17) is 11.5 Å². The van der Waals surface area contributed by atoms with Crippen LogP contribution in [0, 0.1) is 11.3 Å². The molecule has 0 aromatic heterocycles.